The van der Waals surface area contributed by atoms with Crippen LogP contribution in [-0.2, 0) is 0 Å². The summed E-state index contributed by atoms with van der Waals surface area (Å²) >= 11 is 5.73. The summed E-state index contributed by atoms with van der Waals surface area (Å²) in [6.07, 6.45) is 1.82. The zero-order valence-corrected chi connectivity index (χ0v) is 16.4. The van der Waals surface area contributed by atoms with Gasteiger partial charge in [-0.15, -0.1) is 0 Å². The first kappa shape index (κ1) is 17.5. The molecule has 6 heteroatoms. The number of anilines is 1. The predicted molar refractivity (Wildman–Crippen MR) is 111 cm³/mol. The molecule has 2 N–H and O–H groups in total. The normalized spacial score (nSPS) is 19.2. The van der Waals surface area contributed by atoms with E-state index in [2.05, 4.69) is 40.1 Å². The molecule has 1 aliphatic rings. The highest BCUT2D eigenvalue weighted by molar-refractivity contribution is 7.80. The summed E-state index contributed by atoms with van der Waals surface area (Å²) < 4.78 is 5.30. The number of rotatable bonds is 4. The Morgan fingerprint density at radius 3 is 2.48 bits per heavy atom. The Hall–Kier alpha value is -2.86. The highest BCUT2D eigenvalue weighted by Crippen LogP contribution is 2.42. The second-order valence-electron chi connectivity index (χ2n) is 6.73. The van der Waals surface area contributed by atoms with E-state index in [1.54, 1.807) is 7.11 Å². The van der Waals surface area contributed by atoms with Gasteiger partial charge < -0.3 is 19.9 Å². The van der Waals surface area contributed by atoms with Crippen molar-refractivity contribution < 1.29 is 4.74 Å². The fourth-order valence-corrected chi connectivity index (χ4v) is 4.09. The monoisotopic (exact) mass is 378 g/mol. The maximum absolute atomic E-state index is 5.73. The summed E-state index contributed by atoms with van der Waals surface area (Å²) in [5.41, 5.74) is 5.48. The van der Waals surface area contributed by atoms with E-state index in [-0.39, 0.29) is 12.1 Å². The maximum atomic E-state index is 5.73. The number of hydrogen-bond donors (Lipinski definition) is 2. The molecule has 0 bridgehead atoms. The number of benzene rings is 1. The summed E-state index contributed by atoms with van der Waals surface area (Å²) in [5, 5.41) is 4.18. The number of H-pyrrole nitrogens is 1. The van der Waals surface area contributed by atoms with E-state index in [0.717, 1.165) is 28.5 Å². The lowest BCUT2D eigenvalue weighted by atomic mass is 9.96. The molecule has 2 atom stereocenters. The standard InChI is InChI=1S/C21H22N4OS/c1-13-12-17(14(2)23-13)20-19(18-6-4-5-11-22-18)24-21(27)25(20)15-7-9-16(26-3)10-8-15/h4-12,19-20,23H,1-3H3,(H,24,27)/t19-,20+/m0/s1. The van der Waals surface area contributed by atoms with Crippen molar-refractivity contribution in [2.45, 2.75) is 25.9 Å². The van der Waals surface area contributed by atoms with Crippen molar-refractivity contribution in [1.82, 2.24) is 15.3 Å². The van der Waals surface area contributed by atoms with E-state index in [1.807, 2.05) is 48.7 Å². The van der Waals surface area contributed by atoms with E-state index in [1.165, 1.54) is 5.56 Å². The van der Waals surface area contributed by atoms with E-state index in [4.69, 9.17) is 17.0 Å². The third-order valence-corrected chi connectivity index (χ3v) is 5.27. The number of nitrogens with one attached hydrogen (secondary N) is 2. The molecule has 3 aromatic rings. The minimum atomic E-state index is -0.0327. The quantitative estimate of drug-likeness (QED) is 0.666. The van der Waals surface area contributed by atoms with Gasteiger partial charge in [0.25, 0.3) is 0 Å². The van der Waals surface area contributed by atoms with Crippen LogP contribution in [0.15, 0.2) is 54.7 Å². The van der Waals surface area contributed by atoms with Crippen molar-refractivity contribution >= 4 is 23.0 Å². The van der Waals surface area contributed by atoms with Gasteiger partial charge in [-0.2, -0.15) is 0 Å². The number of ether oxygens (including phenoxy) is 1. The van der Waals surface area contributed by atoms with Crippen molar-refractivity contribution in [1.29, 1.82) is 0 Å². The molecule has 27 heavy (non-hydrogen) atoms. The number of thiocarbonyl (C=S) groups is 1. The summed E-state index contributed by atoms with van der Waals surface area (Å²) in [5.74, 6) is 0.823. The lowest BCUT2D eigenvalue weighted by Gasteiger charge is -2.28. The molecule has 1 aliphatic heterocycles. The molecule has 0 spiro atoms. The molecule has 4 rings (SSSR count). The molecule has 1 saturated heterocycles. The molecule has 0 saturated carbocycles. The summed E-state index contributed by atoms with van der Waals surface area (Å²) in [7, 11) is 1.67. The zero-order chi connectivity index (χ0) is 19.0. The SMILES string of the molecule is COc1ccc(N2C(=S)N[C@@H](c3ccccn3)[C@H]2c2cc(C)[nH]c2C)cc1. The molecule has 3 heterocycles. The smallest absolute Gasteiger partial charge is 0.174 e. The predicted octanol–water partition coefficient (Wildman–Crippen LogP) is 4.21. The van der Waals surface area contributed by atoms with Crippen LogP contribution in [0.4, 0.5) is 5.69 Å². The van der Waals surface area contributed by atoms with Crippen molar-refractivity contribution in [3.8, 4) is 5.75 Å². The fraction of sp³-hybridized carbons (Fsp3) is 0.238. The highest BCUT2D eigenvalue weighted by atomic mass is 32.1. The third-order valence-electron chi connectivity index (χ3n) is 4.96. The van der Waals surface area contributed by atoms with Crippen molar-refractivity contribution in [3.63, 3.8) is 0 Å². The van der Waals surface area contributed by atoms with Gasteiger partial charge in [-0.3, -0.25) is 4.98 Å². The summed E-state index contributed by atoms with van der Waals surface area (Å²) in [6, 6.07) is 16.1. The van der Waals surface area contributed by atoms with E-state index in [0.29, 0.717) is 5.11 Å². The van der Waals surface area contributed by atoms with Crippen LogP contribution in [0.1, 0.15) is 34.7 Å². The lowest BCUT2D eigenvalue weighted by Crippen LogP contribution is -2.29. The molecule has 5 nitrogen and oxygen atoms in total. The lowest BCUT2D eigenvalue weighted by molar-refractivity contribution is 0.415. The first-order valence-corrected chi connectivity index (χ1v) is 9.30. The van der Waals surface area contributed by atoms with E-state index >= 15 is 0 Å². The highest BCUT2D eigenvalue weighted by Gasteiger charge is 2.41. The summed E-state index contributed by atoms with van der Waals surface area (Å²) in [4.78, 5) is 10.2. The second-order valence-corrected chi connectivity index (χ2v) is 7.11. The van der Waals surface area contributed by atoms with Crippen LogP contribution in [0.2, 0.25) is 0 Å². The van der Waals surface area contributed by atoms with Crippen molar-refractivity contribution in [2.75, 3.05) is 12.0 Å². The number of aromatic nitrogens is 2. The Bertz CT molecular complexity index is 952. The first-order valence-electron chi connectivity index (χ1n) is 8.89. The van der Waals surface area contributed by atoms with Gasteiger partial charge in [0.1, 0.15) is 5.75 Å². The van der Waals surface area contributed by atoms with Crippen LogP contribution in [0, 0.1) is 13.8 Å². The van der Waals surface area contributed by atoms with Crippen LogP contribution in [0.5, 0.6) is 5.75 Å². The molecule has 1 aromatic carbocycles. The van der Waals surface area contributed by atoms with Gasteiger partial charge in [-0.1, -0.05) is 6.07 Å². The fourth-order valence-electron chi connectivity index (χ4n) is 3.74. The largest absolute Gasteiger partial charge is 0.497 e. The van der Waals surface area contributed by atoms with Gasteiger partial charge in [-0.05, 0) is 74.1 Å². The Labute approximate surface area is 164 Å². The van der Waals surface area contributed by atoms with E-state index < -0.39 is 0 Å². The molecule has 138 valence electrons. The average Bonchev–Trinajstić information content (AvgIpc) is 3.20. The molecule has 0 amide bonds. The first-order chi connectivity index (χ1) is 13.1. The molecule has 2 aromatic heterocycles. The zero-order valence-electron chi connectivity index (χ0n) is 15.6. The van der Waals surface area contributed by atoms with Crippen molar-refractivity contribution in [3.05, 3.63) is 77.4 Å². The maximum Gasteiger partial charge on any atom is 0.174 e. The van der Waals surface area contributed by atoms with Gasteiger partial charge in [0.05, 0.1) is 24.9 Å². The Morgan fingerprint density at radius 1 is 1.11 bits per heavy atom. The number of nitrogens with zero attached hydrogens (tertiary/aromatic N) is 2. The molecule has 1 fully saturated rings. The summed E-state index contributed by atoms with van der Waals surface area (Å²) in [6.45, 7) is 4.18. The molecule has 0 aliphatic carbocycles. The van der Waals surface area contributed by atoms with Crippen LogP contribution in [0.3, 0.4) is 0 Å². The van der Waals surface area contributed by atoms with Gasteiger partial charge in [0.15, 0.2) is 5.11 Å². The van der Waals surface area contributed by atoms with Gasteiger partial charge in [-0.25, -0.2) is 0 Å². The van der Waals surface area contributed by atoms with Crippen LogP contribution < -0.4 is 15.0 Å². The number of hydrogen-bond acceptors (Lipinski definition) is 3. The molecule has 0 unspecified atom stereocenters. The number of pyridine rings is 1. The number of methoxy groups -OCH3 is 1. The molecular formula is C21H22N4OS. The van der Waals surface area contributed by atoms with Crippen LogP contribution in [-0.4, -0.2) is 22.2 Å². The van der Waals surface area contributed by atoms with Crippen molar-refractivity contribution in [2.24, 2.45) is 0 Å². The van der Waals surface area contributed by atoms with E-state index in [9.17, 15) is 0 Å². The van der Waals surface area contributed by atoms with Gasteiger partial charge >= 0.3 is 0 Å². The molecular weight excluding hydrogens is 356 g/mol. The average molecular weight is 379 g/mol. The third kappa shape index (κ3) is 3.17. The molecule has 0 radical (unpaired) electrons. The minimum Gasteiger partial charge on any atom is -0.497 e. The van der Waals surface area contributed by atoms with Crippen LogP contribution in [0.25, 0.3) is 0 Å². The van der Waals surface area contributed by atoms with Gasteiger partial charge in [0, 0.05) is 23.3 Å². The minimum absolute atomic E-state index is 0.00532. The topological polar surface area (TPSA) is 53.2 Å². The van der Waals surface area contributed by atoms with Gasteiger partial charge in [0.2, 0.25) is 0 Å². The Balaban J connectivity index is 1.83. The Kier molecular flexibility index (Phi) is 4.58. The number of aromatic amines is 1. The Morgan fingerprint density at radius 2 is 1.89 bits per heavy atom. The number of aryl methyl sites for hydroxylation is 2. The second kappa shape index (κ2) is 7.04. The van der Waals surface area contributed by atoms with Crippen LogP contribution >= 0.6 is 12.2 Å².